The van der Waals surface area contributed by atoms with E-state index in [2.05, 4.69) is 27.1 Å². The van der Waals surface area contributed by atoms with Crippen LogP contribution in [0.2, 0.25) is 5.02 Å². The van der Waals surface area contributed by atoms with Crippen LogP contribution in [-0.4, -0.2) is 56.3 Å². The van der Waals surface area contributed by atoms with Gasteiger partial charge in [-0.25, -0.2) is 14.2 Å². The zero-order chi connectivity index (χ0) is 24.1. The lowest BCUT2D eigenvalue weighted by Gasteiger charge is -2.33. The highest BCUT2D eigenvalue weighted by Gasteiger charge is 2.20. The number of rotatable bonds is 6. The van der Waals surface area contributed by atoms with Gasteiger partial charge in [-0.05, 0) is 61.1 Å². The molecule has 178 valence electrons. The van der Waals surface area contributed by atoms with Gasteiger partial charge in [-0.15, -0.1) is 0 Å². The summed E-state index contributed by atoms with van der Waals surface area (Å²) in [6, 6.07) is 14.3. The molecular formula is C25H27ClFN5O2. The third-order valence-corrected chi connectivity index (χ3v) is 6.00. The number of carbonyl (C=O) groups excluding carboxylic acids is 1. The SMILES string of the molecule is COc1ccc(Cl)cc1NC(=O)N(Cc1ccc(N2CCN(C)CC2)nc1)c1ccc(F)cc1. The Hall–Kier alpha value is -3.36. The number of likely N-dealkylation sites (N-methyl/N-ethyl adjacent to an activating group) is 1. The summed E-state index contributed by atoms with van der Waals surface area (Å²) in [5.74, 6) is 1.02. The van der Waals surface area contributed by atoms with E-state index in [4.69, 9.17) is 16.3 Å². The summed E-state index contributed by atoms with van der Waals surface area (Å²) in [7, 11) is 3.63. The second kappa shape index (κ2) is 10.7. The minimum absolute atomic E-state index is 0.246. The summed E-state index contributed by atoms with van der Waals surface area (Å²) < 4.78 is 18.9. The number of pyridine rings is 1. The Morgan fingerprint density at radius 1 is 1.12 bits per heavy atom. The van der Waals surface area contributed by atoms with Crippen molar-refractivity contribution in [2.75, 3.05) is 55.5 Å². The number of anilines is 3. The molecule has 4 rings (SSSR count). The summed E-state index contributed by atoms with van der Waals surface area (Å²) in [6.45, 7) is 4.09. The molecule has 3 aromatic rings. The van der Waals surface area contributed by atoms with Crippen LogP contribution in [0.5, 0.6) is 5.75 Å². The van der Waals surface area contributed by atoms with E-state index in [-0.39, 0.29) is 12.4 Å². The number of hydrogen-bond donors (Lipinski definition) is 1. The molecule has 0 bridgehead atoms. The van der Waals surface area contributed by atoms with Crippen LogP contribution < -0.4 is 19.9 Å². The molecule has 0 radical (unpaired) electrons. The Bertz CT molecular complexity index is 1120. The number of benzene rings is 2. The second-order valence-corrected chi connectivity index (χ2v) is 8.59. The highest BCUT2D eigenvalue weighted by Crippen LogP contribution is 2.29. The van der Waals surface area contributed by atoms with E-state index in [0.29, 0.717) is 22.1 Å². The largest absolute Gasteiger partial charge is 0.495 e. The van der Waals surface area contributed by atoms with Crippen LogP contribution in [0.3, 0.4) is 0 Å². The summed E-state index contributed by atoms with van der Waals surface area (Å²) in [4.78, 5) is 24.0. The third-order valence-electron chi connectivity index (χ3n) is 5.76. The topological polar surface area (TPSA) is 60.9 Å². The van der Waals surface area contributed by atoms with Gasteiger partial charge in [0.25, 0.3) is 0 Å². The number of hydrogen-bond acceptors (Lipinski definition) is 5. The normalized spacial score (nSPS) is 14.1. The molecule has 1 aromatic heterocycles. The van der Waals surface area contributed by atoms with Crippen molar-refractivity contribution in [1.82, 2.24) is 9.88 Å². The van der Waals surface area contributed by atoms with E-state index in [0.717, 1.165) is 37.6 Å². The molecule has 7 nitrogen and oxygen atoms in total. The van der Waals surface area contributed by atoms with Crippen LogP contribution in [-0.2, 0) is 6.54 Å². The first kappa shape index (κ1) is 23.8. The Morgan fingerprint density at radius 3 is 2.50 bits per heavy atom. The van der Waals surface area contributed by atoms with Gasteiger partial charge >= 0.3 is 6.03 Å². The van der Waals surface area contributed by atoms with Crippen molar-refractivity contribution >= 4 is 34.8 Å². The minimum atomic E-state index is -0.407. The zero-order valence-corrected chi connectivity index (χ0v) is 19.9. The van der Waals surface area contributed by atoms with Gasteiger partial charge in [-0.3, -0.25) is 4.90 Å². The van der Waals surface area contributed by atoms with Gasteiger partial charge in [0.1, 0.15) is 17.4 Å². The predicted molar refractivity (Wildman–Crippen MR) is 134 cm³/mol. The quantitative estimate of drug-likeness (QED) is 0.542. The van der Waals surface area contributed by atoms with Crippen LogP contribution in [0.1, 0.15) is 5.56 Å². The molecule has 0 atom stereocenters. The lowest BCUT2D eigenvalue weighted by molar-refractivity contribution is 0.256. The van der Waals surface area contributed by atoms with Crippen LogP contribution in [0.15, 0.2) is 60.8 Å². The van der Waals surface area contributed by atoms with Crippen molar-refractivity contribution < 1.29 is 13.9 Å². The molecule has 0 unspecified atom stereocenters. The van der Waals surface area contributed by atoms with Crippen molar-refractivity contribution in [2.24, 2.45) is 0 Å². The van der Waals surface area contributed by atoms with E-state index in [1.165, 1.54) is 24.1 Å². The molecule has 1 aliphatic rings. The first-order valence-electron chi connectivity index (χ1n) is 11.0. The lowest BCUT2D eigenvalue weighted by Crippen LogP contribution is -2.44. The number of ether oxygens (including phenoxy) is 1. The van der Waals surface area contributed by atoms with Crippen LogP contribution >= 0.6 is 11.6 Å². The summed E-state index contributed by atoms with van der Waals surface area (Å²) in [6.07, 6.45) is 1.78. The molecule has 0 saturated carbocycles. The van der Waals surface area contributed by atoms with Gasteiger partial charge in [-0.1, -0.05) is 17.7 Å². The number of nitrogens with zero attached hydrogens (tertiary/aromatic N) is 4. The summed E-state index contributed by atoms with van der Waals surface area (Å²) in [5, 5.41) is 3.32. The maximum atomic E-state index is 13.5. The summed E-state index contributed by atoms with van der Waals surface area (Å²) in [5.41, 5.74) is 1.83. The molecule has 34 heavy (non-hydrogen) atoms. The molecule has 1 fully saturated rings. The van der Waals surface area contributed by atoms with Gasteiger partial charge in [0.05, 0.1) is 19.3 Å². The first-order valence-corrected chi connectivity index (χ1v) is 11.4. The number of urea groups is 1. The monoisotopic (exact) mass is 483 g/mol. The molecule has 9 heteroatoms. The van der Waals surface area contributed by atoms with E-state index in [1.54, 1.807) is 36.5 Å². The van der Waals surface area contributed by atoms with Gasteiger partial charge in [0.2, 0.25) is 0 Å². The number of halogens is 2. The molecule has 2 aromatic carbocycles. The maximum absolute atomic E-state index is 13.5. The number of nitrogens with one attached hydrogen (secondary N) is 1. The molecule has 0 aliphatic carbocycles. The van der Waals surface area contributed by atoms with Crippen LogP contribution in [0.25, 0.3) is 0 Å². The molecule has 0 spiro atoms. The predicted octanol–water partition coefficient (Wildman–Crippen LogP) is 4.87. The van der Waals surface area contributed by atoms with E-state index >= 15 is 0 Å². The van der Waals surface area contributed by atoms with Gasteiger partial charge in [0.15, 0.2) is 0 Å². The van der Waals surface area contributed by atoms with E-state index in [1.807, 2.05) is 12.1 Å². The average Bonchev–Trinajstić information content (AvgIpc) is 2.84. The van der Waals surface area contributed by atoms with Gasteiger partial charge in [0, 0.05) is 43.1 Å². The van der Waals surface area contributed by atoms with Gasteiger partial charge < -0.3 is 19.9 Å². The van der Waals surface area contributed by atoms with Crippen LogP contribution in [0, 0.1) is 5.82 Å². The van der Waals surface area contributed by atoms with Crippen LogP contribution in [0.4, 0.5) is 26.4 Å². The van der Waals surface area contributed by atoms with Crippen molar-refractivity contribution in [1.29, 1.82) is 0 Å². The second-order valence-electron chi connectivity index (χ2n) is 8.15. The Balaban J connectivity index is 1.55. The number of methoxy groups -OCH3 is 1. The Morgan fingerprint density at radius 2 is 1.85 bits per heavy atom. The lowest BCUT2D eigenvalue weighted by atomic mass is 10.2. The fraction of sp³-hybridized carbons (Fsp3) is 0.280. The highest BCUT2D eigenvalue weighted by atomic mass is 35.5. The summed E-state index contributed by atoms with van der Waals surface area (Å²) >= 11 is 6.11. The molecule has 1 aliphatic heterocycles. The highest BCUT2D eigenvalue weighted by molar-refractivity contribution is 6.31. The van der Waals surface area contributed by atoms with E-state index < -0.39 is 6.03 Å². The maximum Gasteiger partial charge on any atom is 0.326 e. The molecule has 2 heterocycles. The molecule has 1 saturated heterocycles. The molecule has 2 amide bonds. The fourth-order valence-electron chi connectivity index (χ4n) is 3.78. The average molecular weight is 484 g/mol. The van der Waals surface area contributed by atoms with Crippen molar-refractivity contribution in [3.05, 3.63) is 77.2 Å². The third kappa shape index (κ3) is 5.76. The Labute approximate surface area is 203 Å². The van der Waals surface area contributed by atoms with Crippen molar-refractivity contribution in [3.8, 4) is 5.75 Å². The van der Waals surface area contributed by atoms with Gasteiger partial charge in [-0.2, -0.15) is 0 Å². The number of piperazine rings is 1. The smallest absolute Gasteiger partial charge is 0.326 e. The number of aromatic nitrogens is 1. The molecular weight excluding hydrogens is 457 g/mol. The standard InChI is InChI=1S/C25H27ClFN5O2/c1-30-11-13-31(14-12-30)24-10-3-18(16-28-24)17-32(21-7-5-20(27)6-8-21)25(33)29-22-15-19(26)4-9-23(22)34-2/h3-10,15-16H,11-14,17H2,1-2H3,(H,29,33). The Kier molecular flexibility index (Phi) is 7.49. The number of carbonyl (C=O) groups is 1. The first-order chi connectivity index (χ1) is 16.4. The fourth-order valence-corrected chi connectivity index (χ4v) is 3.95. The van der Waals surface area contributed by atoms with Crippen molar-refractivity contribution in [3.63, 3.8) is 0 Å². The van der Waals surface area contributed by atoms with E-state index in [9.17, 15) is 9.18 Å². The number of amides is 2. The molecule has 1 N–H and O–H groups in total. The zero-order valence-electron chi connectivity index (χ0n) is 19.2. The van der Waals surface area contributed by atoms with Crippen molar-refractivity contribution in [2.45, 2.75) is 6.54 Å². The minimum Gasteiger partial charge on any atom is -0.495 e.